The van der Waals surface area contributed by atoms with Gasteiger partial charge in [0.05, 0.1) is 4.90 Å². The maximum atomic E-state index is 12.5. The van der Waals surface area contributed by atoms with Gasteiger partial charge in [-0.25, -0.2) is 8.42 Å². The first kappa shape index (κ1) is 20.1. The smallest absolute Gasteiger partial charge is 0.253 e. The number of sulfone groups is 1. The Kier molecular flexibility index (Phi) is 7.56. The molecule has 0 saturated heterocycles. The highest BCUT2D eigenvalue weighted by atomic mass is 80.0. The van der Waals surface area contributed by atoms with Crippen LogP contribution >= 0.6 is 47.8 Å². The zero-order valence-electron chi connectivity index (χ0n) is 12.4. The Balaban J connectivity index is 3.19. The van der Waals surface area contributed by atoms with Gasteiger partial charge >= 0.3 is 0 Å². The van der Waals surface area contributed by atoms with E-state index in [4.69, 9.17) is 0 Å². The molecule has 4 nitrogen and oxygen atoms in total. The van der Waals surface area contributed by atoms with Crippen LogP contribution in [0.2, 0.25) is 0 Å². The molecular weight excluding hydrogens is 502 g/mol. The summed E-state index contributed by atoms with van der Waals surface area (Å²) >= 11 is 9.08. The predicted molar refractivity (Wildman–Crippen MR) is 99.6 cm³/mol. The van der Waals surface area contributed by atoms with Crippen molar-refractivity contribution in [3.8, 4) is 0 Å². The molecule has 0 spiro atoms. The Morgan fingerprint density at radius 3 is 2.14 bits per heavy atom. The van der Waals surface area contributed by atoms with Crippen LogP contribution in [0.5, 0.6) is 0 Å². The van der Waals surface area contributed by atoms with E-state index in [1.165, 1.54) is 12.1 Å². The lowest BCUT2D eigenvalue weighted by Crippen LogP contribution is -2.32. The zero-order chi connectivity index (χ0) is 17.0. The Bertz CT molecular complexity index is 620. The first-order valence-corrected chi connectivity index (χ1v) is 10.7. The standard InChI is InChI=1S/C14H18Br3NO3S/c1-3-8-18(9-4-2)13(19)11-6-5-7-12(10-11)22(20,21)14(15,16)17/h5-7,10H,3-4,8-9H2,1-2H3. The number of hydrogen-bond donors (Lipinski definition) is 0. The molecule has 22 heavy (non-hydrogen) atoms. The molecule has 8 heteroatoms. The second kappa shape index (κ2) is 8.26. The van der Waals surface area contributed by atoms with E-state index in [1.807, 2.05) is 13.8 Å². The summed E-state index contributed by atoms with van der Waals surface area (Å²) in [5, 5.41) is 0. The van der Waals surface area contributed by atoms with Gasteiger partial charge in [0, 0.05) is 18.7 Å². The SMILES string of the molecule is CCCN(CCC)C(=O)c1cccc(S(=O)(=O)C(Br)(Br)Br)c1. The summed E-state index contributed by atoms with van der Waals surface area (Å²) in [7, 11) is -3.70. The van der Waals surface area contributed by atoms with Crippen LogP contribution in [0.15, 0.2) is 29.2 Å². The molecule has 1 aromatic carbocycles. The van der Waals surface area contributed by atoms with Crippen LogP contribution in [-0.4, -0.2) is 33.8 Å². The first-order valence-electron chi connectivity index (χ1n) is 6.85. The number of benzene rings is 1. The van der Waals surface area contributed by atoms with E-state index in [-0.39, 0.29) is 10.8 Å². The number of carbonyl (C=O) groups is 1. The van der Waals surface area contributed by atoms with Crippen molar-refractivity contribution >= 4 is 63.5 Å². The fourth-order valence-corrected chi connectivity index (χ4v) is 4.46. The van der Waals surface area contributed by atoms with E-state index >= 15 is 0 Å². The minimum Gasteiger partial charge on any atom is -0.339 e. The molecule has 0 aliphatic rings. The van der Waals surface area contributed by atoms with Crippen molar-refractivity contribution in [3.63, 3.8) is 0 Å². The molecule has 0 aliphatic heterocycles. The maximum Gasteiger partial charge on any atom is 0.253 e. The van der Waals surface area contributed by atoms with Crippen LogP contribution in [0.4, 0.5) is 0 Å². The Morgan fingerprint density at radius 2 is 1.68 bits per heavy atom. The normalized spacial score (nSPS) is 12.2. The lowest BCUT2D eigenvalue weighted by molar-refractivity contribution is 0.0755. The Labute approximate surface area is 157 Å². The third kappa shape index (κ3) is 4.79. The van der Waals surface area contributed by atoms with Gasteiger partial charge in [0.15, 0.2) is 0 Å². The number of nitrogens with zero attached hydrogens (tertiary/aromatic N) is 1. The van der Waals surface area contributed by atoms with E-state index in [1.54, 1.807) is 17.0 Å². The summed E-state index contributed by atoms with van der Waals surface area (Å²) < 4.78 is 23.3. The van der Waals surface area contributed by atoms with E-state index < -0.39 is 11.3 Å². The van der Waals surface area contributed by atoms with E-state index in [0.717, 1.165) is 12.8 Å². The summed E-state index contributed by atoms with van der Waals surface area (Å²) in [5.74, 6) is -0.148. The van der Waals surface area contributed by atoms with Gasteiger partial charge in [0.2, 0.25) is 11.3 Å². The van der Waals surface area contributed by atoms with Crippen molar-refractivity contribution in [3.05, 3.63) is 29.8 Å². The number of hydrogen-bond acceptors (Lipinski definition) is 3. The van der Waals surface area contributed by atoms with Crippen LogP contribution in [0.3, 0.4) is 0 Å². The molecule has 0 unspecified atom stereocenters. The molecule has 1 rings (SSSR count). The van der Waals surface area contributed by atoms with Crippen LogP contribution < -0.4 is 0 Å². The fraction of sp³-hybridized carbons (Fsp3) is 0.500. The van der Waals surface area contributed by atoms with Gasteiger partial charge in [-0.1, -0.05) is 19.9 Å². The third-order valence-electron chi connectivity index (χ3n) is 2.97. The van der Waals surface area contributed by atoms with Gasteiger partial charge in [-0.2, -0.15) is 0 Å². The van der Waals surface area contributed by atoms with Crippen molar-refractivity contribution in [2.45, 2.75) is 33.1 Å². The van der Waals surface area contributed by atoms with Crippen LogP contribution in [0.1, 0.15) is 37.0 Å². The van der Waals surface area contributed by atoms with Crippen molar-refractivity contribution in [1.82, 2.24) is 4.90 Å². The molecule has 0 saturated carbocycles. The molecule has 1 amide bonds. The summed E-state index contributed by atoms with van der Waals surface area (Å²) in [6.45, 7) is 5.32. The predicted octanol–water partition coefficient (Wildman–Crippen LogP) is 4.52. The van der Waals surface area contributed by atoms with Crippen molar-refractivity contribution in [2.75, 3.05) is 13.1 Å². The number of carbonyl (C=O) groups excluding carboxylic acids is 1. The average molecular weight is 520 g/mol. The molecule has 124 valence electrons. The summed E-state index contributed by atoms with van der Waals surface area (Å²) in [5.41, 5.74) is 0.375. The number of alkyl halides is 3. The van der Waals surface area contributed by atoms with E-state index in [2.05, 4.69) is 47.8 Å². The summed E-state index contributed by atoms with van der Waals surface area (Å²) in [6.07, 6.45) is 1.72. The molecular formula is C14H18Br3NO3S. The molecule has 1 aromatic rings. The number of halogens is 3. The monoisotopic (exact) mass is 517 g/mol. The topological polar surface area (TPSA) is 54.5 Å². The highest BCUT2D eigenvalue weighted by molar-refractivity contribution is 9.42. The highest BCUT2D eigenvalue weighted by Crippen LogP contribution is 2.43. The van der Waals surface area contributed by atoms with Crippen LogP contribution in [0.25, 0.3) is 0 Å². The van der Waals surface area contributed by atoms with Crippen LogP contribution in [-0.2, 0) is 9.84 Å². The molecule has 0 radical (unpaired) electrons. The van der Waals surface area contributed by atoms with Gasteiger partial charge in [-0.15, -0.1) is 0 Å². The second-order valence-electron chi connectivity index (χ2n) is 4.77. The Hall–Kier alpha value is 0.0800. The third-order valence-corrected chi connectivity index (χ3v) is 8.29. The van der Waals surface area contributed by atoms with Gasteiger partial charge in [-0.3, -0.25) is 4.79 Å². The van der Waals surface area contributed by atoms with Gasteiger partial charge in [0.1, 0.15) is 0 Å². The van der Waals surface area contributed by atoms with Gasteiger partial charge in [0.25, 0.3) is 5.91 Å². The molecule has 0 fully saturated rings. The highest BCUT2D eigenvalue weighted by Gasteiger charge is 2.37. The summed E-state index contributed by atoms with van der Waals surface area (Å²) in [6, 6.07) is 6.09. The van der Waals surface area contributed by atoms with E-state index in [9.17, 15) is 13.2 Å². The molecule has 0 heterocycles. The fourth-order valence-electron chi connectivity index (χ4n) is 1.97. The lowest BCUT2D eigenvalue weighted by atomic mass is 10.2. The Morgan fingerprint density at radius 1 is 1.14 bits per heavy atom. The average Bonchev–Trinajstić information content (AvgIpc) is 2.45. The first-order chi connectivity index (χ1) is 10.1. The lowest BCUT2D eigenvalue weighted by Gasteiger charge is -2.22. The number of amides is 1. The maximum absolute atomic E-state index is 12.5. The minimum absolute atomic E-state index is 0.0666. The van der Waals surface area contributed by atoms with Crippen molar-refractivity contribution < 1.29 is 13.2 Å². The van der Waals surface area contributed by atoms with Crippen molar-refractivity contribution in [1.29, 1.82) is 0 Å². The largest absolute Gasteiger partial charge is 0.339 e. The molecule has 0 atom stereocenters. The summed E-state index contributed by atoms with van der Waals surface area (Å²) in [4.78, 5) is 14.4. The molecule has 0 aromatic heterocycles. The van der Waals surface area contributed by atoms with Crippen molar-refractivity contribution in [2.24, 2.45) is 0 Å². The second-order valence-corrected chi connectivity index (χ2v) is 15.2. The zero-order valence-corrected chi connectivity index (χ0v) is 17.9. The van der Waals surface area contributed by atoms with Crippen LogP contribution in [0, 0.1) is 0 Å². The van der Waals surface area contributed by atoms with E-state index in [0.29, 0.717) is 18.7 Å². The minimum atomic E-state index is -3.70. The number of rotatable bonds is 6. The molecule has 0 N–H and O–H groups in total. The van der Waals surface area contributed by atoms with Gasteiger partial charge in [-0.05, 0) is 78.8 Å². The molecule has 0 aliphatic carbocycles. The van der Waals surface area contributed by atoms with Gasteiger partial charge < -0.3 is 4.90 Å². The molecule has 0 bridgehead atoms. The quantitative estimate of drug-likeness (QED) is 0.519.